The number of pyridine rings is 2. The van der Waals surface area contributed by atoms with Crippen LogP contribution < -0.4 is 9.88 Å². The molecular weight excluding hydrogens is 338 g/mol. The molecule has 1 aliphatic rings. The van der Waals surface area contributed by atoms with E-state index in [0.29, 0.717) is 11.3 Å². The predicted octanol–water partition coefficient (Wildman–Crippen LogP) is 1.08. The molecule has 0 radical (unpaired) electrons. The number of ether oxygens (including phenoxy) is 2. The second kappa shape index (κ2) is 8.03. The molecule has 8 heteroatoms. The van der Waals surface area contributed by atoms with Crippen molar-refractivity contribution in [3.05, 3.63) is 54.1 Å². The van der Waals surface area contributed by atoms with Gasteiger partial charge in [0.15, 0.2) is 12.4 Å². The Bertz CT molecular complexity index is 794. The van der Waals surface area contributed by atoms with Gasteiger partial charge in [0, 0.05) is 12.5 Å². The monoisotopic (exact) mass is 358 g/mol. The molecule has 0 aliphatic carbocycles. The smallest absolute Gasteiger partial charge is 0.356 e. The lowest BCUT2D eigenvalue weighted by Crippen LogP contribution is -2.40. The summed E-state index contributed by atoms with van der Waals surface area (Å²) in [6, 6.07) is 6.53. The highest BCUT2D eigenvalue weighted by Gasteiger charge is 2.31. The summed E-state index contributed by atoms with van der Waals surface area (Å²) in [6.45, 7) is -0.00813. The third kappa shape index (κ3) is 4.04. The summed E-state index contributed by atoms with van der Waals surface area (Å²) in [5.41, 5.74) is 1.09. The first-order valence-corrected chi connectivity index (χ1v) is 8.23. The van der Waals surface area contributed by atoms with Crippen LogP contribution >= 0.6 is 0 Å². The van der Waals surface area contributed by atoms with Gasteiger partial charge in [0.2, 0.25) is 0 Å². The van der Waals surface area contributed by atoms with Gasteiger partial charge in [-0.25, -0.2) is 9.78 Å². The standard InChI is InChI=1S/C18H19N3O5/c1-25-18(24)15-6-4-13(9-19-15)20-17(23)12-3-2-8-21(10-12)16-7-5-14(11-22)26-16/h2-4,6,8-10,14,16,22H,5,7,11H2,1H3/p+1/t14-,16+/m0/s1. The highest BCUT2D eigenvalue weighted by atomic mass is 16.5. The molecule has 1 saturated heterocycles. The summed E-state index contributed by atoms with van der Waals surface area (Å²) in [5.74, 6) is -0.839. The van der Waals surface area contributed by atoms with Gasteiger partial charge in [-0.3, -0.25) is 4.79 Å². The van der Waals surface area contributed by atoms with Crippen LogP contribution in [0.25, 0.3) is 0 Å². The van der Waals surface area contributed by atoms with Crippen LogP contribution in [0.1, 0.15) is 39.9 Å². The van der Waals surface area contributed by atoms with Crippen LogP contribution in [0.3, 0.4) is 0 Å². The van der Waals surface area contributed by atoms with Crippen molar-refractivity contribution in [3.8, 4) is 0 Å². The number of hydrogen-bond donors (Lipinski definition) is 2. The Kier molecular flexibility index (Phi) is 5.55. The van der Waals surface area contributed by atoms with Crippen molar-refractivity contribution >= 4 is 17.6 Å². The third-order valence-electron chi connectivity index (χ3n) is 4.12. The number of amides is 1. The minimum atomic E-state index is -0.537. The number of aliphatic hydroxyl groups is 1. The normalized spacial score (nSPS) is 19.2. The zero-order chi connectivity index (χ0) is 18.5. The molecule has 2 aromatic heterocycles. The molecule has 1 amide bonds. The van der Waals surface area contributed by atoms with Gasteiger partial charge >= 0.3 is 5.97 Å². The number of hydrogen-bond acceptors (Lipinski definition) is 6. The number of carbonyl (C=O) groups is 2. The van der Waals surface area contributed by atoms with Gasteiger partial charge in [-0.2, -0.15) is 4.57 Å². The van der Waals surface area contributed by atoms with E-state index in [0.717, 1.165) is 12.8 Å². The van der Waals surface area contributed by atoms with Gasteiger partial charge in [-0.15, -0.1) is 0 Å². The zero-order valence-corrected chi connectivity index (χ0v) is 14.3. The number of aromatic nitrogens is 2. The van der Waals surface area contributed by atoms with Crippen LogP contribution in [0, 0.1) is 0 Å². The SMILES string of the molecule is COC(=O)c1ccc(NC(=O)c2ccc[n+]([C@H]3CC[C@@H](CO)O3)c2)cn1. The van der Waals surface area contributed by atoms with E-state index < -0.39 is 5.97 Å². The van der Waals surface area contributed by atoms with E-state index in [2.05, 4.69) is 15.0 Å². The van der Waals surface area contributed by atoms with Crippen LogP contribution in [0.4, 0.5) is 5.69 Å². The van der Waals surface area contributed by atoms with E-state index in [1.54, 1.807) is 24.4 Å². The molecular formula is C18H20N3O5+. The molecule has 0 saturated carbocycles. The topological polar surface area (TPSA) is 102 Å². The molecule has 0 unspecified atom stereocenters. The van der Waals surface area contributed by atoms with Crippen LogP contribution in [0.5, 0.6) is 0 Å². The largest absolute Gasteiger partial charge is 0.464 e. The van der Waals surface area contributed by atoms with E-state index in [4.69, 9.17) is 4.74 Å². The summed E-state index contributed by atoms with van der Waals surface area (Å²) in [6.07, 6.45) is 6.13. The van der Waals surface area contributed by atoms with Gasteiger partial charge in [-0.1, -0.05) is 0 Å². The maximum absolute atomic E-state index is 12.5. The van der Waals surface area contributed by atoms with Crippen LogP contribution in [-0.2, 0) is 9.47 Å². The fraction of sp³-hybridized carbons (Fsp3) is 0.333. The molecule has 1 aliphatic heterocycles. The second-order valence-corrected chi connectivity index (χ2v) is 5.89. The minimum absolute atomic E-state index is 0.00813. The number of esters is 1. The number of rotatable bonds is 5. The van der Waals surface area contributed by atoms with Crippen LogP contribution in [0.2, 0.25) is 0 Å². The highest BCUT2D eigenvalue weighted by Crippen LogP contribution is 2.23. The number of carbonyl (C=O) groups excluding carboxylic acids is 2. The van der Waals surface area contributed by atoms with Gasteiger partial charge in [0.25, 0.3) is 12.1 Å². The van der Waals surface area contributed by atoms with E-state index in [1.807, 2.05) is 10.8 Å². The van der Waals surface area contributed by atoms with Crippen molar-refractivity contribution in [1.29, 1.82) is 0 Å². The Hall–Kier alpha value is -2.84. The fourth-order valence-corrected chi connectivity index (χ4v) is 2.74. The lowest BCUT2D eigenvalue weighted by molar-refractivity contribution is -0.759. The number of aliphatic hydroxyl groups excluding tert-OH is 1. The quantitative estimate of drug-likeness (QED) is 0.613. The summed E-state index contributed by atoms with van der Waals surface area (Å²) in [5, 5.41) is 11.9. The first kappa shape index (κ1) is 18.0. The summed E-state index contributed by atoms with van der Waals surface area (Å²) >= 11 is 0. The highest BCUT2D eigenvalue weighted by molar-refractivity contribution is 6.03. The van der Waals surface area contributed by atoms with Gasteiger partial charge < -0.3 is 19.9 Å². The van der Waals surface area contributed by atoms with E-state index in [1.165, 1.54) is 19.4 Å². The lowest BCUT2D eigenvalue weighted by atomic mass is 10.2. The van der Waals surface area contributed by atoms with Gasteiger partial charge in [0.1, 0.15) is 11.3 Å². The predicted molar refractivity (Wildman–Crippen MR) is 90.4 cm³/mol. The van der Waals surface area contributed by atoms with E-state index in [9.17, 15) is 14.7 Å². The maximum Gasteiger partial charge on any atom is 0.356 e. The molecule has 2 aromatic rings. The molecule has 0 spiro atoms. The third-order valence-corrected chi connectivity index (χ3v) is 4.12. The van der Waals surface area contributed by atoms with Crippen molar-refractivity contribution in [2.75, 3.05) is 19.0 Å². The molecule has 1 fully saturated rings. The van der Waals surface area contributed by atoms with E-state index in [-0.39, 0.29) is 30.5 Å². The Morgan fingerprint density at radius 2 is 2.23 bits per heavy atom. The zero-order valence-electron chi connectivity index (χ0n) is 14.3. The Morgan fingerprint density at radius 3 is 2.88 bits per heavy atom. The van der Waals surface area contributed by atoms with Crippen molar-refractivity contribution in [1.82, 2.24) is 4.98 Å². The average molecular weight is 358 g/mol. The molecule has 0 aromatic carbocycles. The van der Waals surface area contributed by atoms with E-state index >= 15 is 0 Å². The van der Waals surface area contributed by atoms with Crippen LogP contribution in [-0.4, -0.2) is 41.8 Å². The maximum atomic E-state index is 12.5. The Morgan fingerprint density at radius 1 is 1.38 bits per heavy atom. The molecule has 26 heavy (non-hydrogen) atoms. The van der Waals surface area contributed by atoms with Gasteiger partial charge in [-0.05, 0) is 24.6 Å². The van der Waals surface area contributed by atoms with Crippen molar-refractivity contribution in [2.24, 2.45) is 0 Å². The average Bonchev–Trinajstić information content (AvgIpc) is 3.17. The van der Waals surface area contributed by atoms with Crippen LogP contribution in [0.15, 0.2) is 42.9 Å². The number of nitrogens with one attached hydrogen (secondary N) is 1. The van der Waals surface area contributed by atoms with Crippen molar-refractivity contribution in [3.63, 3.8) is 0 Å². The van der Waals surface area contributed by atoms with Crippen molar-refractivity contribution in [2.45, 2.75) is 25.2 Å². The summed E-state index contributed by atoms with van der Waals surface area (Å²) in [4.78, 5) is 27.8. The molecule has 3 rings (SSSR count). The van der Waals surface area contributed by atoms with Gasteiger partial charge in [0.05, 0.1) is 31.7 Å². The number of nitrogens with zero attached hydrogens (tertiary/aromatic N) is 2. The number of anilines is 1. The lowest BCUT2D eigenvalue weighted by Gasteiger charge is -2.09. The molecule has 3 heterocycles. The molecule has 136 valence electrons. The minimum Gasteiger partial charge on any atom is -0.464 e. The summed E-state index contributed by atoms with van der Waals surface area (Å²) in [7, 11) is 1.28. The fourth-order valence-electron chi connectivity index (χ4n) is 2.74. The Labute approximate surface area is 150 Å². The number of methoxy groups -OCH3 is 1. The molecule has 0 bridgehead atoms. The van der Waals surface area contributed by atoms with Crippen molar-refractivity contribution < 1.29 is 28.7 Å². The first-order chi connectivity index (χ1) is 12.6. The Balaban J connectivity index is 1.68. The molecule has 2 atom stereocenters. The second-order valence-electron chi connectivity index (χ2n) is 5.89. The molecule has 8 nitrogen and oxygen atoms in total. The summed E-state index contributed by atoms with van der Waals surface area (Å²) < 4.78 is 12.1. The first-order valence-electron chi connectivity index (χ1n) is 8.23. The molecule has 2 N–H and O–H groups in total.